The third-order valence-electron chi connectivity index (χ3n) is 2.71. The van der Waals surface area contributed by atoms with Crippen LogP contribution < -0.4 is 0 Å². The summed E-state index contributed by atoms with van der Waals surface area (Å²) >= 11 is 0. The van der Waals surface area contributed by atoms with E-state index in [0.29, 0.717) is 6.42 Å². The fourth-order valence-electron chi connectivity index (χ4n) is 1.73. The molecular formula is C13H18O2. The van der Waals surface area contributed by atoms with E-state index >= 15 is 0 Å². The molecule has 0 saturated heterocycles. The second-order valence-corrected chi connectivity index (χ2v) is 4.48. The molecule has 1 rings (SSSR count). The predicted octanol–water partition coefficient (Wildman–Crippen LogP) is 2.41. The summed E-state index contributed by atoms with van der Waals surface area (Å²) in [4.78, 5) is 11.0. The van der Waals surface area contributed by atoms with Gasteiger partial charge >= 0.3 is 0 Å². The molecule has 2 nitrogen and oxygen atoms in total. The maximum atomic E-state index is 11.0. The number of aliphatic hydroxyl groups is 1. The zero-order valence-electron chi connectivity index (χ0n) is 9.58. The minimum atomic E-state index is -0.950. The summed E-state index contributed by atoms with van der Waals surface area (Å²) in [7, 11) is 0. The number of Topliss-reactive ketones (excluding diaryl/α,β-unsaturated/α-hetero) is 1. The summed E-state index contributed by atoms with van der Waals surface area (Å²) in [5.74, 6) is -0.0322. The minimum absolute atomic E-state index is 0.0945. The number of ketones is 1. The van der Waals surface area contributed by atoms with Gasteiger partial charge in [0, 0.05) is 12.3 Å². The van der Waals surface area contributed by atoms with E-state index in [1.165, 1.54) is 0 Å². The van der Waals surface area contributed by atoms with E-state index < -0.39 is 5.60 Å². The van der Waals surface area contributed by atoms with Crippen LogP contribution in [0.15, 0.2) is 36.0 Å². The lowest BCUT2D eigenvalue weighted by molar-refractivity contribution is -0.118. The molecule has 0 aromatic carbocycles. The van der Waals surface area contributed by atoms with Gasteiger partial charge in [0.05, 0.1) is 5.60 Å². The molecule has 82 valence electrons. The highest BCUT2D eigenvalue weighted by Gasteiger charge is 2.31. The molecule has 0 spiro atoms. The van der Waals surface area contributed by atoms with E-state index in [9.17, 15) is 9.90 Å². The average Bonchev–Trinajstić information content (AvgIpc) is 2.07. The molecule has 15 heavy (non-hydrogen) atoms. The van der Waals surface area contributed by atoms with Gasteiger partial charge in [-0.25, -0.2) is 0 Å². The first-order valence-electron chi connectivity index (χ1n) is 5.11. The Balaban J connectivity index is 2.90. The van der Waals surface area contributed by atoms with E-state index in [0.717, 1.165) is 11.1 Å². The van der Waals surface area contributed by atoms with Crippen LogP contribution in [-0.4, -0.2) is 16.5 Å². The van der Waals surface area contributed by atoms with Crippen molar-refractivity contribution in [2.24, 2.45) is 5.92 Å². The van der Waals surface area contributed by atoms with Gasteiger partial charge in [0.25, 0.3) is 0 Å². The summed E-state index contributed by atoms with van der Waals surface area (Å²) < 4.78 is 0. The first-order chi connectivity index (χ1) is 6.83. The zero-order valence-corrected chi connectivity index (χ0v) is 9.58. The molecule has 1 aliphatic rings. The standard InChI is InChI=1S/C13H18O2/c1-9(2)11-5-6-12(7-10(3)14)13(4,15)8-11/h5-6,8,12,15H,1,7H2,2-4H3. The fourth-order valence-corrected chi connectivity index (χ4v) is 1.73. The smallest absolute Gasteiger partial charge is 0.130 e. The molecule has 0 saturated carbocycles. The fraction of sp³-hybridized carbons (Fsp3) is 0.462. The van der Waals surface area contributed by atoms with Gasteiger partial charge in [-0.15, -0.1) is 0 Å². The van der Waals surface area contributed by atoms with Crippen molar-refractivity contribution in [2.75, 3.05) is 0 Å². The Bertz CT molecular complexity index is 346. The Morgan fingerprint density at radius 2 is 2.20 bits per heavy atom. The largest absolute Gasteiger partial charge is 0.385 e. The molecule has 0 heterocycles. The van der Waals surface area contributed by atoms with E-state index in [1.807, 2.05) is 19.1 Å². The highest BCUT2D eigenvalue weighted by Crippen LogP contribution is 2.31. The molecule has 2 unspecified atom stereocenters. The van der Waals surface area contributed by atoms with Crippen LogP contribution in [-0.2, 0) is 4.79 Å². The molecule has 0 bridgehead atoms. The second kappa shape index (κ2) is 4.15. The first-order valence-corrected chi connectivity index (χ1v) is 5.11. The van der Waals surface area contributed by atoms with Crippen molar-refractivity contribution in [1.82, 2.24) is 0 Å². The number of carbonyl (C=O) groups is 1. The lowest BCUT2D eigenvalue weighted by Crippen LogP contribution is -2.34. The highest BCUT2D eigenvalue weighted by molar-refractivity contribution is 5.76. The van der Waals surface area contributed by atoms with E-state index in [-0.39, 0.29) is 11.7 Å². The normalized spacial score (nSPS) is 29.9. The summed E-state index contributed by atoms with van der Waals surface area (Å²) in [5.41, 5.74) is 0.918. The van der Waals surface area contributed by atoms with Crippen LogP contribution in [0.4, 0.5) is 0 Å². The van der Waals surface area contributed by atoms with Crippen molar-refractivity contribution in [1.29, 1.82) is 0 Å². The van der Waals surface area contributed by atoms with Crippen molar-refractivity contribution in [3.05, 3.63) is 36.0 Å². The quantitative estimate of drug-likeness (QED) is 0.770. The van der Waals surface area contributed by atoms with Gasteiger partial charge in [-0.2, -0.15) is 0 Å². The Labute approximate surface area is 91.0 Å². The number of allylic oxidation sites excluding steroid dienone is 3. The third-order valence-corrected chi connectivity index (χ3v) is 2.71. The van der Waals surface area contributed by atoms with Crippen LogP contribution in [0.5, 0.6) is 0 Å². The van der Waals surface area contributed by atoms with Crippen molar-refractivity contribution >= 4 is 5.78 Å². The highest BCUT2D eigenvalue weighted by atomic mass is 16.3. The van der Waals surface area contributed by atoms with Gasteiger partial charge in [0.1, 0.15) is 5.78 Å². The van der Waals surface area contributed by atoms with E-state index in [2.05, 4.69) is 6.58 Å². The van der Waals surface area contributed by atoms with Crippen molar-refractivity contribution in [3.8, 4) is 0 Å². The Morgan fingerprint density at radius 1 is 1.60 bits per heavy atom. The molecule has 0 amide bonds. The summed E-state index contributed by atoms with van der Waals surface area (Å²) in [6.07, 6.45) is 5.98. The molecular weight excluding hydrogens is 188 g/mol. The van der Waals surface area contributed by atoms with Crippen LogP contribution in [0.2, 0.25) is 0 Å². The minimum Gasteiger partial charge on any atom is -0.385 e. The summed E-state index contributed by atoms with van der Waals surface area (Å²) in [5, 5.41) is 10.2. The lowest BCUT2D eigenvalue weighted by atomic mass is 9.79. The van der Waals surface area contributed by atoms with Crippen LogP contribution >= 0.6 is 0 Å². The monoisotopic (exact) mass is 206 g/mol. The molecule has 1 aliphatic carbocycles. The summed E-state index contributed by atoms with van der Waals surface area (Å²) in [6.45, 7) is 9.01. The Kier molecular flexibility index (Phi) is 3.30. The SMILES string of the molecule is C=C(C)C1=CC(C)(O)C(CC(C)=O)C=C1. The van der Waals surface area contributed by atoms with Crippen LogP contribution in [0, 0.1) is 5.92 Å². The van der Waals surface area contributed by atoms with E-state index in [4.69, 9.17) is 0 Å². The molecule has 0 aromatic heterocycles. The van der Waals surface area contributed by atoms with Crippen molar-refractivity contribution < 1.29 is 9.90 Å². The predicted molar refractivity (Wildman–Crippen MR) is 61.4 cm³/mol. The summed E-state index contributed by atoms with van der Waals surface area (Å²) in [6, 6.07) is 0. The maximum Gasteiger partial charge on any atom is 0.130 e. The molecule has 0 radical (unpaired) electrons. The number of rotatable bonds is 3. The lowest BCUT2D eigenvalue weighted by Gasteiger charge is -2.31. The van der Waals surface area contributed by atoms with Gasteiger partial charge in [-0.05, 0) is 32.4 Å². The third kappa shape index (κ3) is 2.90. The van der Waals surface area contributed by atoms with Crippen LogP contribution in [0.1, 0.15) is 27.2 Å². The molecule has 2 atom stereocenters. The van der Waals surface area contributed by atoms with Crippen molar-refractivity contribution in [2.45, 2.75) is 32.8 Å². The van der Waals surface area contributed by atoms with E-state index in [1.54, 1.807) is 19.9 Å². The Hall–Kier alpha value is -1.15. The molecule has 0 aromatic rings. The molecule has 1 N–H and O–H groups in total. The van der Waals surface area contributed by atoms with Gasteiger partial charge in [-0.3, -0.25) is 0 Å². The Morgan fingerprint density at radius 3 is 2.60 bits per heavy atom. The number of carbonyl (C=O) groups excluding carboxylic acids is 1. The van der Waals surface area contributed by atoms with Gasteiger partial charge in [-0.1, -0.05) is 24.3 Å². The number of hydrogen-bond acceptors (Lipinski definition) is 2. The molecule has 0 aliphatic heterocycles. The first kappa shape index (κ1) is 11.9. The van der Waals surface area contributed by atoms with Gasteiger partial charge in [0.15, 0.2) is 0 Å². The average molecular weight is 206 g/mol. The number of hydrogen-bond donors (Lipinski definition) is 1. The van der Waals surface area contributed by atoms with Crippen molar-refractivity contribution in [3.63, 3.8) is 0 Å². The van der Waals surface area contributed by atoms with Crippen LogP contribution in [0.3, 0.4) is 0 Å². The molecule has 0 fully saturated rings. The zero-order chi connectivity index (χ0) is 11.6. The topological polar surface area (TPSA) is 37.3 Å². The molecule has 2 heteroatoms. The maximum absolute atomic E-state index is 11.0. The van der Waals surface area contributed by atoms with Gasteiger partial charge in [0.2, 0.25) is 0 Å². The second-order valence-electron chi connectivity index (χ2n) is 4.48. The van der Waals surface area contributed by atoms with Gasteiger partial charge < -0.3 is 9.90 Å². The van der Waals surface area contributed by atoms with Crippen LogP contribution in [0.25, 0.3) is 0 Å².